The summed E-state index contributed by atoms with van der Waals surface area (Å²) in [6.07, 6.45) is -2.38. The van der Waals surface area contributed by atoms with Crippen molar-refractivity contribution in [2.45, 2.75) is 142 Å². The lowest BCUT2D eigenvalue weighted by molar-refractivity contribution is -0.165. The van der Waals surface area contributed by atoms with E-state index in [9.17, 15) is 19.2 Å². The number of carbonyl (C=O) groups excluding carboxylic acids is 4. The van der Waals surface area contributed by atoms with Crippen molar-refractivity contribution in [3.63, 3.8) is 0 Å². The van der Waals surface area contributed by atoms with Crippen molar-refractivity contribution in [2.24, 2.45) is 5.92 Å². The molecule has 3 fully saturated rings. The zero-order valence-electron chi connectivity index (χ0n) is 37.4. The van der Waals surface area contributed by atoms with E-state index in [1.807, 2.05) is 13.8 Å². The fourth-order valence-electron chi connectivity index (χ4n) is 8.85. The van der Waals surface area contributed by atoms with Crippen molar-refractivity contribution in [2.75, 3.05) is 5.32 Å². The summed E-state index contributed by atoms with van der Waals surface area (Å²) in [4.78, 5) is 79.5. The van der Waals surface area contributed by atoms with Crippen molar-refractivity contribution in [3.05, 3.63) is 40.6 Å². The molecule has 1 N–H and O–H groups in total. The molecule has 6 aromatic heterocycles. The summed E-state index contributed by atoms with van der Waals surface area (Å²) >= 11 is 13.1. The molecule has 3 aliphatic rings. The fraction of sp³-hybridized carbons (Fsp3) is 0.590. The second-order valence-corrected chi connectivity index (χ2v) is 17.0. The lowest BCUT2D eigenvalue weighted by atomic mass is 9.83. The number of halogens is 2. The van der Waals surface area contributed by atoms with Crippen molar-refractivity contribution < 1.29 is 47.6 Å². The molecule has 8 atom stereocenters. The van der Waals surface area contributed by atoms with E-state index in [0.717, 1.165) is 25.7 Å². The number of imidazole rings is 2. The number of hydrogen-bond donors (Lipinski definition) is 1. The first-order valence-electron chi connectivity index (χ1n) is 21.8. The number of fused-ring (bicyclic) bond motifs is 2. The smallest absolute Gasteiger partial charge is 0.303 e. The molecule has 0 spiro atoms. The Morgan fingerprint density at radius 3 is 1.57 bits per heavy atom. The Hall–Kier alpha value is -6.58. The van der Waals surface area contributed by atoms with Crippen molar-refractivity contribution in [1.29, 1.82) is 0 Å². The molecule has 27 nitrogen and oxygen atoms in total. The summed E-state index contributed by atoms with van der Waals surface area (Å²) in [5.74, 6) is -1.74. The number of tetrazole rings is 2. The number of nitrogens with zero attached hydrogens (tertiary/aromatic N) is 16. The second-order valence-electron chi connectivity index (χ2n) is 16.4. The highest BCUT2D eigenvalue weighted by Gasteiger charge is 2.54. The predicted octanol–water partition coefficient (Wildman–Crippen LogP) is 2.77. The van der Waals surface area contributed by atoms with Crippen LogP contribution < -0.4 is 5.32 Å². The topological polar surface area (TPSA) is 310 Å². The number of hydrogen-bond acceptors (Lipinski definition) is 23. The molecular weight excluding hydrogens is 937 g/mol. The zero-order chi connectivity index (χ0) is 48.0. The number of rotatable bonds is 14. The standard InChI is InChI=1S/C39H45Cl2N17O10/c1-7-57-51-32(49-53-57)27-25(63-16(3)59)29(65-18(5)61)36(67-27)55-14-42-23-22(45-38(40)47-34(23)55)13-20-9-11-21(12-10-20)44-31-24-35(48-39(41)46-31)56(15-43-24)37-30(66-19(6)62)26(64-17(4)60)28(68-37)33-50-54-58(8-2)52-33/h14-15,20-21,25-30,36-37H,7-13H2,1-6H3,(H,44,46,48)/t20-,21-,25-,26-,27+,28+,29?,30-,36?,37?/m1/s1. The first kappa shape index (κ1) is 46.5. The van der Waals surface area contributed by atoms with Crippen LogP contribution in [0.25, 0.3) is 22.3 Å². The Morgan fingerprint density at radius 1 is 0.647 bits per heavy atom. The molecule has 360 valence electrons. The highest BCUT2D eigenvalue weighted by molar-refractivity contribution is 6.29. The van der Waals surface area contributed by atoms with Gasteiger partial charge in [0.15, 0.2) is 71.7 Å². The van der Waals surface area contributed by atoms with Gasteiger partial charge < -0.3 is 33.7 Å². The molecule has 29 heteroatoms. The molecule has 9 rings (SSSR count). The Kier molecular flexibility index (Phi) is 13.1. The largest absolute Gasteiger partial charge is 0.455 e. The Bertz CT molecular complexity index is 2670. The van der Waals surface area contributed by atoms with Crippen molar-refractivity contribution in [3.8, 4) is 0 Å². The number of esters is 4. The highest BCUT2D eigenvalue weighted by atomic mass is 35.5. The van der Waals surface area contributed by atoms with Crippen molar-refractivity contribution >= 4 is 75.2 Å². The number of carbonyl (C=O) groups is 4. The van der Waals surface area contributed by atoms with E-state index in [-0.39, 0.29) is 39.8 Å². The molecule has 2 saturated heterocycles. The summed E-state index contributed by atoms with van der Waals surface area (Å²) in [5.41, 5.74) is 2.02. The molecule has 0 amide bonds. The minimum atomic E-state index is -1.16. The van der Waals surface area contributed by atoms with Crippen LogP contribution in [0.15, 0.2) is 12.7 Å². The minimum absolute atomic E-state index is 0.0306. The number of aromatic nitrogens is 16. The van der Waals surface area contributed by atoms with Gasteiger partial charge in [0.1, 0.15) is 5.52 Å². The molecule has 6 aromatic rings. The van der Waals surface area contributed by atoms with Gasteiger partial charge in [-0.1, -0.05) is 0 Å². The van der Waals surface area contributed by atoms with E-state index in [1.54, 1.807) is 4.57 Å². The SMILES string of the molecule is CCn1nnc([C@H]2OC(n3cnc4c(N[C@H]5CC[C@H](Cc6nc(Cl)nc7c6ncn7C6O[C@H](c7nnn(CC)n7)[C@@H](OC(C)=O)C6OC(C)=O)CC5)nc(Cl)nc43)[C@H](OC(C)=O)[C@@H]2OC(C)=O)n1. The summed E-state index contributed by atoms with van der Waals surface area (Å²) < 4.78 is 38.6. The Balaban J connectivity index is 0.921. The fourth-order valence-corrected chi connectivity index (χ4v) is 9.20. The van der Waals surface area contributed by atoms with Crippen LogP contribution >= 0.6 is 23.2 Å². The summed E-state index contributed by atoms with van der Waals surface area (Å²) in [5, 5.41) is 28.3. The molecule has 8 heterocycles. The maximum Gasteiger partial charge on any atom is 0.303 e. The highest BCUT2D eigenvalue weighted by Crippen LogP contribution is 2.44. The van der Waals surface area contributed by atoms with Gasteiger partial charge in [0.25, 0.3) is 0 Å². The van der Waals surface area contributed by atoms with Crippen molar-refractivity contribution in [1.82, 2.24) is 79.5 Å². The van der Waals surface area contributed by atoms with Crippen LogP contribution in [0, 0.1) is 5.92 Å². The van der Waals surface area contributed by atoms with Crippen LogP contribution in [0.4, 0.5) is 5.82 Å². The van der Waals surface area contributed by atoms with Crippen LogP contribution in [-0.4, -0.2) is 134 Å². The third kappa shape index (κ3) is 9.33. The van der Waals surface area contributed by atoms with E-state index in [0.29, 0.717) is 47.7 Å². The third-order valence-corrected chi connectivity index (χ3v) is 12.0. The number of ether oxygens (including phenoxy) is 6. The van der Waals surface area contributed by atoms with Gasteiger partial charge in [0.05, 0.1) is 31.4 Å². The predicted molar refractivity (Wildman–Crippen MR) is 229 cm³/mol. The van der Waals surface area contributed by atoms with Gasteiger partial charge in [0, 0.05) is 33.7 Å². The number of anilines is 1. The first-order chi connectivity index (χ1) is 32.7. The van der Waals surface area contributed by atoms with E-state index < -0.39 is 73.0 Å². The van der Waals surface area contributed by atoms with Gasteiger partial charge in [-0.05, 0) is 85.5 Å². The quantitative estimate of drug-likeness (QED) is 0.0931. The normalized spacial score (nSPS) is 26.0. The lowest BCUT2D eigenvalue weighted by Crippen LogP contribution is -2.37. The van der Waals surface area contributed by atoms with Gasteiger partial charge in [0.2, 0.25) is 22.2 Å². The Morgan fingerprint density at radius 2 is 1.10 bits per heavy atom. The average molecular weight is 983 g/mol. The van der Waals surface area contributed by atoms with Gasteiger partial charge in [-0.15, -0.1) is 20.4 Å². The zero-order valence-corrected chi connectivity index (χ0v) is 38.9. The van der Waals surface area contributed by atoms with Crippen LogP contribution in [0.5, 0.6) is 0 Å². The second kappa shape index (κ2) is 19.2. The molecule has 3 unspecified atom stereocenters. The van der Waals surface area contributed by atoms with Gasteiger partial charge in [-0.3, -0.25) is 28.3 Å². The van der Waals surface area contributed by atoms with Crippen LogP contribution in [-0.2, 0) is 67.1 Å². The molecule has 0 aromatic carbocycles. The number of aryl methyl sites for hydroxylation is 2. The summed E-state index contributed by atoms with van der Waals surface area (Å²) in [6, 6.07) is -0.0375. The van der Waals surface area contributed by atoms with Gasteiger partial charge >= 0.3 is 23.9 Å². The first-order valence-corrected chi connectivity index (χ1v) is 22.5. The molecule has 0 radical (unpaired) electrons. The maximum absolute atomic E-state index is 12.4. The molecule has 68 heavy (non-hydrogen) atoms. The van der Waals surface area contributed by atoms with Gasteiger partial charge in [-0.25, -0.2) is 15.0 Å². The van der Waals surface area contributed by atoms with E-state index in [4.69, 9.17) is 51.6 Å². The molecule has 0 bridgehead atoms. The average Bonchev–Trinajstić information content (AvgIpc) is 4.15. The molecule has 1 saturated carbocycles. The summed E-state index contributed by atoms with van der Waals surface area (Å²) in [6.45, 7) is 9.45. The van der Waals surface area contributed by atoms with E-state index in [2.05, 4.69) is 66.0 Å². The van der Waals surface area contributed by atoms with Crippen LogP contribution in [0.1, 0.15) is 109 Å². The molecule has 2 aliphatic heterocycles. The monoisotopic (exact) mass is 981 g/mol. The van der Waals surface area contributed by atoms with Gasteiger partial charge in [-0.2, -0.15) is 24.5 Å². The maximum atomic E-state index is 12.4. The van der Waals surface area contributed by atoms with Crippen LogP contribution in [0.2, 0.25) is 10.6 Å². The lowest BCUT2D eigenvalue weighted by Gasteiger charge is -2.29. The van der Waals surface area contributed by atoms with E-state index in [1.165, 1.54) is 54.5 Å². The van der Waals surface area contributed by atoms with Crippen LogP contribution in [0.3, 0.4) is 0 Å². The third-order valence-electron chi connectivity index (χ3n) is 11.7. The molecule has 1 aliphatic carbocycles. The van der Waals surface area contributed by atoms with E-state index >= 15 is 0 Å². The molecular formula is C39H45Cl2N17O10. The Labute approximate surface area is 394 Å². The summed E-state index contributed by atoms with van der Waals surface area (Å²) in [7, 11) is 0. The minimum Gasteiger partial charge on any atom is -0.455 e. The number of nitrogens with one attached hydrogen (secondary N) is 1.